The molecule has 33 heavy (non-hydrogen) atoms. The van der Waals surface area contributed by atoms with Gasteiger partial charge >= 0.3 is 0 Å². The van der Waals surface area contributed by atoms with E-state index in [1.165, 1.54) is 24.3 Å². The lowest BCUT2D eigenvalue weighted by molar-refractivity contribution is 0.0780. The largest absolute Gasteiger partial charge is 0.390 e. The number of aromatic nitrogens is 3. The Morgan fingerprint density at radius 2 is 1.70 bits per heavy atom. The Labute approximate surface area is 198 Å². The highest BCUT2D eigenvalue weighted by Crippen LogP contribution is 2.41. The van der Waals surface area contributed by atoms with Gasteiger partial charge in [0.15, 0.2) is 5.82 Å². The van der Waals surface area contributed by atoms with Crippen LogP contribution in [0.1, 0.15) is 46.0 Å². The summed E-state index contributed by atoms with van der Waals surface area (Å²) < 4.78 is 40.6. The third-order valence-electron chi connectivity index (χ3n) is 5.27. The van der Waals surface area contributed by atoms with Gasteiger partial charge in [0.2, 0.25) is 10.0 Å². The molecule has 3 N–H and O–H groups in total. The molecule has 3 aromatic rings. The molecule has 0 aliphatic carbocycles. The predicted molar refractivity (Wildman–Crippen MR) is 127 cm³/mol. The SMILES string of the molecule is Cn1c(CC(C)(C)O)nnc1-c1cc(Cl)c(F)cc1-c1cc(S(N)(=O)=O)ccc1C(C)(C)C. The van der Waals surface area contributed by atoms with Gasteiger partial charge in [0, 0.05) is 19.0 Å². The lowest BCUT2D eigenvalue weighted by Gasteiger charge is -2.25. The highest BCUT2D eigenvalue weighted by atomic mass is 35.5. The molecule has 0 fully saturated rings. The van der Waals surface area contributed by atoms with E-state index in [0.29, 0.717) is 28.3 Å². The summed E-state index contributed by atoms with van der Waals surface area (Å²) in [5, 5.41) is 23.9. The summed E-state index contributed by atoms with van der Waals surface area (Å²) >= 11 is 6.13. The van der Waals surface area contributed by atoms with Gasteiger partial charge in [-0.05, 0) is 60.2 Å². The van der Waals surface area contributed by atoms with E-state index in [1.54, 1.807) is 31.5 Å². The van der Waals surface area contributed by atoms with E-state index in [1.807, 2.05) is 20.8 Å². The van der Waals surface area contributed by atoms with Crippen LogP contribution in [0, 0.1) is 5.82 Å². The topological polar surface area (TPSA) is 111 Å². The number of nitrogens with two attached hydrogens (primary N) is 1. The van der Waals surface area contributed by atoms with Crippen LogP contribution >= 0.6 is 11.6 Å². The average Bonchev–Trinajstić information content (AvgIpc) is 3.00. The number of aliphatic hydroxyl groups is 1. The first-order valence-electron chi connectivity index (χ1n) is 10.3. The molecule has 1 aromatic heterocycles. The van der Waals surface area contributed by atoms with Crippen LogP contribution in [0.25, 0.3) is 22.5 Å². The fraction of sp³-hybridized carbons (Fsp3) is 0.391. The second-order valence-corrected chi connectivity index (χ2v) is 11.8. The Morgan fingerprint density at radius 1 is 1.06 bits per heavy atom. The molecule has 1 heterocycles. The zero-order valence-corrected chi connectivity index (χ0v) is 21.0. The summed E-state index contributed by atoms with van der Waals surface area (Å²) in [6.07, 6.45) is 0.245. The van der Waals surface area contributed by atoms with Gasteiger partial charge in [0.1, 0.15) is 11.6 Å². The molecule has 0 saturated carbocycles. The fourth-order valence-electron chi connectivity index (χ4n) is 3.67. The van der Waals surface area contributed by atoms with Crippen LogP contribution in [0.4, 0.5) is 4.39 Å². The number of nitrogens with zero attached hydrogens (tertiary/aromatic N) is 3. The van der Waals surface area contributed by atoms with Gasteiger partial charge in [-0.3, -0.25) is 0 Å². The summed E-state index contributed by atoms with van der Waals surface area (Å²) in [6, 6.07) is 7.27. The maximum absolute atomic E-state index is 14.7. The molecule has 0 saturated heterocycles. The lowest BCUT2D eigenvalue weighted by Crippen LogP contribution is -2.24. The van der Waals surface area contributed by atoms with Crippen LogP contribution in [0.3, 0.4) is 0 Å². The van der Waals surface area contributed by atoms with Crippen molar-refractivity contribution in [2.24, 2.45) is 12.2 Å². The molecule has 178 valence electrons. The highest BCUT2D eigenvalue weighted by Gasteiger charge is 2.26. The molecule has 0 aliphatic heterocycles. The van der Waals surface area contributed by atoms with Crippen LogP contribution in [0.2, 0.25) is 5.02 Å². The molecule has 10 heteroatoms. The van der Waals surface area contributed by atoms with E-state index >= 15 is 0 Å². The van der Waals surface area contributed by atoms with Crippen molar-refractivity contribution in [3.8, 4) is 22.5 Å². The molecular weight excluding hydrogens is 467 g/mol. The van der Waals surface area contributed by atoms with Gasteiger partial charge in [0.05, 0.1) is 15.5 Å². The Hall–Kier alpha value is -2.33. The normalized spacial score (nSPS) is 12.9. The maximum Gasteiger partial charge on any atom is 0.238 e. The molecular formula is C23H28ClFN4O3S. The van der Waals surface area contributed by atoms with Crippen molar-refractivity contribution in [1.82, 2.24) is 14.8 Å². The van der Waals surface area contributed by atoms with E-state index < -0.39 is 26.9 Å². The minimum Gasteiger partial charge on any atom is -0.390 e. The molecule has 0 spiro atoms. The van der Waals surface area contributed by atoms with Crippen molar-refractivity contribution < 1.29 is 17.9 Å². The summed E-state index contributed by atoms with van der Waals surface area (Å²) in [5.74, 6) is 0.264. The minimum atomic E-state index is -4.00. The van der Waals surface area contributed by atoms with Crippen molar-refractivity contribution in [2.45, 2.75) is 57.0 Å². The third-order valence-corrected chi connectivity index (χ3v) is 6.48. The Kier molecular flexibility index (Phi) is 6.49. The van der Waals surface area contributed by atoms with Crippen molar-refractivity contribution in [2.75, 3.05) is 0 Å². The molecule has 0 unspecified atom stereocenters. The summed E-state index contributed by atoms with van der Waals surface area (Å²) in [5.41, 5.74) is 0.743. The number of sulfonamides is 1. The van der Waals surface area contributed by atoms with Crippen LogP contribution in [0.5, 0.6) is 0 Å². The van der Waals surface area contributed by atoms with Gasteiger partial charge in [0.25, 0.3) is 0 Å². The van der Waals surface area contributed by atoms with Gasteiger partial charge in [-0.2, -0.15) is 0 Å². The number of benzene rings is 2. The number of halogens is 2. The zero-order valence-electron chi connectivity index (χ0n) is 19.4. The molecule has 7 nitrogen and oxygen atoms in total. The Morgan fingerprint density at radius 3 is 2.24 bits per heavy atom. The Bertz CT molecular complexity index is 1320. The minimum absolute atomic E-state index is 0.0903. The standard InChI is InChI=1S/C23H28ClFN4O3S/c1-22(2,3)17-8-7-13(33(26,31)32)9-15(17)14-11-19(25)18(24)10-16(14)21-28-27-20(29(21)6)12-23(4,5)30/h7-11,30H,12H2,1-6H3,(H2,26,31,32). The van der Waals surface area contributed by atoms with Gasteiger partial charge in [-0.1, -0.05) is 38.4 Å². The lowest BCUT2D eigenvalue weighted by atomic mass is 9.81. The summed E-state index contributed by atoms with van der Waals surface area (Å²) in [6.45, 7) is 9.24. The molecule has 0 atom stereocenters. The van der Waals surface area contributed by atoms with Crippen molar-refractivity contribution in [1.29, 1.82) is 0 Å². The predicted octanol–water partition coefficient (Wildman–Crippen LogP) is 4.20. The van der Waals surface area contributed by atoms with Crippen LogP contribution in [-0.2, 0) is 28.9 Å². The first kappa shape index (κ1) is 25.3. The van der Waals surface area contributed by atoms with Crippen LogP contribution in [0.15, 0.2) is 35.2 Å². The van der Waals surface area contributed by atoms with Crippen LogP contribution in [-0.4, -0.2) is 33.9 Å². The van der Waals surface area contributed by atoms with Gasteiger partial charge < -0.3 is 9.67 Å². The molecule has 0 amide bonds. The van der Waals surface area contributed by atoms with Crippen molar-refractivity contribution in [3.05, 3.63) is 52.6 Å². The monoisotopic (exact) mass is 494 g/mol. The quantitative estimate of drug-likeness (QED) is 0.552. The number of hydrogen-bond acceptors (Lipinski definition) is 5. The second kappa shape index (κ2) is 8.47. The first-order chi connectivity index (χ1) is 15.0. The van der Waals surface area contributed by atoms with E-state index in [0.717, 1.165) is 5.56 Å². The van der Waals surface area contributed by atoms with E-state index in [4.69, 9.17) is 16.7 Å². The first-order valence-corrected chi connectivity index (χ1v) is 12.2. The fourth-order valence-corrected chi connectivity index (χ4v) is 4.37. The molecule has 3 rings (SSSR count). The maximum atomic E-state index is 14.7. The molecule has 2 aromatic carbocycles. The van der Waals surface area contributed by atoms with Gasteiger partial charge in [-0.15, -0.1) is 10.2 Å². The van der Waals surface area contributed by atoms with E-state index in [2.05, 4.69) is 10.2 Å². The van der Waals surface area contributed by atoms with E-state index in [9.17, 15) is 17.9 Å². The number of primary sulfonamides is 1. The Balaban J connectivity index is 2.36. The second-order valence-electron chi connectivity index (χ2n) is 9.80. The average molecular weight is 495 g/mol. The molecule has 0 radical (unpaired) electrons. The highest BCUT2D eigenvalue weighted by molar-refractivity contribution is 7.89. The smallest absolute Gasteiger partial charge is 0.238 e. The van der Waals surface area contributed by atoms with Gasteiger partial charge in [-0.25, -0.2) is 17.9 Å². The van der Waals surface area contributed by atoms with E-state index in [-0.39, 0.29) is 16.3 Å². The number of rotatable bonds is 5. The summed E-state index contributed by atoms with van der Waals surface area (Å²) in [7, 11) is -2.26. The molecule has 0 bridgehead atoms. The third kappa shape index (κ3) is 5.43. The van der Waals surface area contributed by atoms with Crippen molar-refractivity contribution >= 4 is 21.6 Å². The zero-order chi connectivity index (χ0) is 24.9. The molecule has 0 aliphatic rings. The van der Waals surface area contributed by atoms with Crippen molar-refractivity contribution in [3.63, 3.8) is 0 Å². The number of hydrogen-bond donors (Lipinski definition) is 2. The summed E-state index contributed by atoms with van der Waals surface area (Å²) in [4.78, 5) is -0.0903. The van der Waals surface area contributed by atoms with Crippen LogP contribution < -0.4 is 5.14 Å².